The van der Waals surface area contributed by atoms with Crippen molar-refractivity contribution in [2.75, 3.05) is 7.11 Å². The van der Waals surface area contributed by atoms with E-state index in [2.05, 4.69) is 118 Å². The monoisotopic (exact) mass is 474 g/mol. The van der Waals surface area contributed by atoms with Crippen LogP contribution in [-0.2, 0) is 12.6 Å². The largest absolute Gasteiger partial charge is 1.00 e. The van der Waals surface area contributed by atoms with E-state index in [9.17, 15) is 0 Å². The summed E-state index contributed by atoms with van der Waals surface area (Å²) in [6.45, 7) is 6.73. The molecule has 0 aliphatic carbocycles. The zero-order valence-electron chi connectivity index (χ0n) is 19.9. The van der Waals surface area contributed by atoms with Crippen molar-refractivity contribution < 1.29 is 17.1 Å². The molecular formula is C30H32ClOP. The van der Waals surface area contributed by atoms with Crippen LogP contribution in [0.5, 0.6) is 5.75 Å². The lowest BCUT2D eigenvalue weighted by atomic mass is 9.96. The molecule has 0 heterocycles. The van der Waals surface area contributed by atoms with Crippen molar-refractivity contribution in [2.24, 2.45) is 0 Å². The summed E-state index contributed by atoms with van der Waals surface area (Å²) < 4.78 is 5.75. The second-order valence-electron chi connectivity index (χ2n) is 8.31. The average Bonchev–Trinajstić information content (AvgIpc) is 2.85. The van der Waals surface area contributed by atoms with Gasteiger partial charge in [-0.05, 0) is 85.0 Å². The van der Waals surface area contributed by atoms with Gasteiger partial charge < -0.3 is 17.1 Å². The van der Waals surface area contributed by atoms with Gasteiger partial charge in [-0.25, -0.2) is 0 Å². The Morgan fingerprint density at radius 2 is 1.09 bits per heavy atom. The first kappa shape index (κ1) is 25.0. The number of halogens is 1. The first-order valence-corrected chi connectivity index (χ1v) is 13.3. The zero-order chi connectivity index (χ0) is 22.6. The van der Waals surface area contributed by atoms with Gasteiger partial charge in [0.15, 0.2) is 0 Å². The maximum Gasteiger partial charge on any atom is 0.122 e. The summed E-state index contributed by atoms with van der Waals surface area (Å²) in [6.07, 6.45) is 1.97. The maximum atomic E-state index is 5.75. The first-order chi connectivity index (χ1) is 15.6. The Balaban J connectivity index is 0.00000306. The number of hydrogen-bond acceptors (Lipinski definition) is 1. The second-order valence-corrected chi connectivity index (χ2v) is 11.8. The van der Waals surface area contributed by atoms with Crippen LogP contribution in [0.2, 0.25) is 0 Å². The van der Waals surface area contributed by atoms with Crippen molar-refractivity contribution in [3.63, 3.8) is 0 Å². The average molecular weight is 475 g/mol. The Morgan fingerprint density at radius 1 is 0.667 bits per heavy atom. The molecule has 4 rings (SSSR count). The molecule has 0 spiro atoms. The van der Waals surface area contributed by atoms with Gasteiger partial charge in [0.25, 0.3) is 0 Å². The number of rotatable bonds is 7. The minimum atomic E-state index is -1.92. The third-order valence-electron chi connectivity index (χ3n) is 6.59. The van der Waals surface area contributed by atoms with E-state index >= 15 is 0 Å². The Kier molecular flexibility index (Phi) is 8.35. The lowest BCUT2D eigenvalue weighted by Crippen LogP contribution is -3.00. The van der Waals surface area contributed by atoms with Crippen LogP contribution in [0, 0.1) is 13.8 Å². The number of hydrogen-bond donors (Lipinski definition) is 0. The lowest BCUT2D eigenvalue weighted by Gasteiger charge is -2.29. The second kappa shape index (κ2) is 11.0. The van der Waals surface area contributed by atoms with Gasteiger partial charge in [0.2, 0.25) is 0 Å². The smallest absolute Gasteiger partial charge is 0.122 e. The summed E-state index contributed by atoms with van der Waals surface area (Å²) in [7, 11) is -0.144. The van der Waals surface area contributed by atoms with Crippen LogP contribution in [0.25, 0.3) is 0 Å². The molecule has 0 saturated heterocycles. The van der Waals surface area contributed by atoms with Crippen molar-refractivity contribution >= 4 is 23.2 Å². The van der Waals surface area contributed by atoms with Crippen molar-refractivity contribution in [3.8, 4) is 5.75 Å². The van der Waals surface area contributed by atoms with Gasteiger partial charge in [-0.15, -0.1) is 0 Å². The molecule has 0 amide bonds. The Labute approximate surface area is 205 Å². The van der Waals surface area contributed by atoms with Crippen molar-refractivity contribution in [3.05, 3.63) is 119 Å². The molecule has 0 aliphatic rings. The van der Waals surface area contributed by atoms with Gasteiger partial charge in [-0.3, -0.25) is 0 Å². The van der Waals surface area contributed by atoms with E-state index in [0.29, 0.717) is 0 Å². The van der Waals surface area contributed by atoms with Gasteiger partial charge in [0.1, 0.15) is 28.9 Å². The normalized spacial score (nSPS) is 11.0. The van der Waals surface area contributed by atoms with E-state index in [0.717, 1.165) is 18.3 Å². The lowest BCUT2D eigenvalue weighted by molar-refractivity contribution is -0.00000679. The van der Waals surface area contributed by atoms with E-state index in [1.807, 2.05) is 0 Å². The molecule has 0 saturated carbocycles. The highest BCUT2D eigenvalue weighted by Crippen LogP contribution is 2.59. The number of benzene rings is 4. The topological polar surface area (TPSA) is 9.23 Å². The van der Waals surface area contributed by atoms with Gasteiger partial charge in [-0.1, -0.05) is 61.5 Å². The van der Waals surface area contributed by atoms with E-state index < -0.39 is 7.26 Å². The molecule has 4 aromatic carbocycles. The first-order valence-electron chi connectivity index (χ1n) is 11.3. The van der Waals surface area contributed by atoms with Crippen LogP contribution in [0.3, 0.4) is 0 Å². The quantitative estimate of drug-likeness (QED) is 0.373. The minimum Gasteiger partial charge on any atom is -1.00 e. The third-order valence-corrected chi connectivity index (χ3v) is 10.9. The SMILES string of the molecule is CCc1c(OC)cc(C)c(C[P+](c2ccccc2)(c2ccccc2)c2ccccc2)c1C.[Cl-]. The Bertz CT molecular complexity index is 1080. The highest BCUT2D eigenvalue weighted by atomic mass is 35.5. The van der Waals surface area contributed by atoms with Crippen molar-refractivity contribution in [2.45, 2.75) is 33.4 Å². The predicted octanol–water partition coefficient (Wildman–Crippen LogP) is 3.37. The molecule has 4 aromatic rings. The highest BCUT2D eigenvalue weighted by Gasteiger charge is 2.46. The number of methoxy groups -OCH3 is 1. The molecule has 33 heavy (non-hydrogen) atoms. The van der Waals surface area contributed by atoms with Crippen LogP contribution in [0.15, 0.2) is 97.1 Å². The van der Waals surface area contributed by atoms with Gasteiger partial charge >= 0.3 is 0 Å². The van der Waals surface area contributed by atoms with E-state index in [1.165, 1.54) is 38.2 Å². The van der Waals surface area contributed by atoms with E-state index in [4.69, 9.17) is 4.74 Å². The van der Waals surface area contributed by atoms with Crippen LogP contribution < -0.4 is 33.1 Å². The van der Waals surface area contributed by atoms with Crippen LogP contribution in [0.1, 0.15) is 29.2 Å². The predicted molar refractivity (Wildman–Crippen MR) is 141 cm³/mol. The minimum absolute atomic E-state index is 0. The summed E-state index contributed by atoms with van der Waals surface area (Å²) in [5, 5.41) is 4.26. The molecule has 0 atom stereocenters. The molecule has 3 heteroatoms. The van der Waals surface area contributed by atoms with Crippen LogP contribution in [0.4, 0.5) is 0 Å². The summed E-state index contributed by atoms with van der Waals surface area (Å²) in [5.74, 6) is 1.01. The van der Waals surface area contributed by atoms with E-state index in [-0.39, 0.29) is 12.4 Å². The van der Waals surface area contributed by atoms with Crippen LogP contribution >= 0.6 is 7.26 Å². The third kappa shape index (κ3) is 4.72. The molecule has 0 unspecified atom stereocenters. The summed E-state index contributed by atoms with van der Waals surface area (Å²) in [4.78, 5) is 0. The summed E-state index contributed by atoms with van der Waals surface area (Å²) >= 11 is 0. The molecule has 0 bridgehead atoms. The molecule has 170 valence electrons. The number of ether oxygens (including phenoxy) is 1. The molecule has 1 nitrogen and oxygen atoms in total. The number of aryl methyl sites for hydroxylation is 1. The maximum absolute atomic E-state index is 5.75. The fourth-order valence-corrected chi connectivity index (χ4v) is 9.35. The molecule has 0 fully saturated rings. The molecule has 0 N–H and O–H groups in total. The molecule has 0 aliphatic heterocycles. The van der Waals surface area contributed by atoms with E-state index in [1.54, 1.807) is 7.11 Å². The highest BCUT2D eigenvalue weighted by molar-refractivity contribution is 7.95. The molecular weight excluding hydrogens is 443 g/mol. The Morgan fingerprint density at radius 3 is 1.45 bits per heavy atom. The van der Waals surface area contributed by atoms with Gasteiger partial charge in [0.05, 0.1) is 13.3 Å². The van der Waals surface area contributed by atoms with Gasteiger partial charge in [0, 0.05) is 0 Å². The summed E-state index contributed by atoms with van der Waals surface area (Å²) in [5.41, 5.74) is 5.45. The van der Waals surface area contributed by atoms with Crippen molar-refractivity contribution in [1.29, 1.82) is 0 Å². The van der Waals surface area contributed by atoms with Gasteiger partial charge in [-0.2, -0.15) is 0 Å². The molecule has 0 aromatic heterocycles. The zero-order valence-corrected chi connectivity index (χ0v) is 21.5. The fraction of sp³-hybridized carbons (Fsp3) is 0.200. The molecule has 0 radical (unpaired) electrons. The Hall–Kier alpha value is -2.60. The fourth-order valence-electron chi connectivity index (χ4n) is 4.90. The summed E-state index contributed by atoms with van der Waals surface area (Å²) in [6, 6.07) is 35.6. The standard InChI is InChI=1S/C30H32OP.ClH/c1-5-28-24(3)29(23(2)21-30(28)31-4)22-32(25-15-9-6-10-16-25,26-17-11-7-12-18-26)27-19-13-8-14-20-27;/h6-21H,5,22H2,1-4H3;1H/q+1;/p-1. The van der Waals surface area contributed by atoms with Crippen molar-refractivity contribution in [1.82, 2.24) is 0 Å². The van der Waals surface area contributed by atoms with Crippen LogP contribution in [-0.4, -0.2) is 7.11 Å².